The maximum Gasteiger partial charge on any atom is 0.138 e. The molecule has 0 unspecified atom stereocenters. The second kappa shape index (κ2) is 5.94. The van der Waals surface area contributed by atoms with E-state index in [1.165, 1.54) is 11.3 Å². The lowest BCUT2D eigenvalue weighted by atomic mass is 10.1. The van der Waals surface area contributed by atoms with Gasteiger partial charge in [0.2, 0.25) is 0 Å². The summed E-state index contributed by atoms with van der Waals surface area (Å²) >= 11 is 7.28. The molecule has 0 fully saturated rings. The normalized spacial score (nSPS) is 10.4. The Labute approximate surface area is 109 Å². The van der Waals surface area contributed by atoms with Gasteiger partial charge in [-0.25, -0.2) is 0 Å². The van der Waals surface area contributed by atoms with Crippen molar-refractivity contribution in [3.8, 4) is 0 Å². The number of halogens is 1. The van der Waals surface area contributed by atoms with E-state index in [4.69, 9.17) is 11.6 Å². The topological polar surface area (TPSA) is 30.0 Å². The van der Waals surface area contributed by atoms with Crippen LogP contribution in [0.4, 0.5) is 0 Å². The van der Waals surface area contributed by atoms with Crippen molar-refractivity contribution in [1.82, 2.24) is 4.98 Å². The van der Waals surface area contributed by atoms with Crippen molar-refractivity contribution < 1.29 is 4.79 Å². The van der Waals surface area contributed by atoms with Gasteiger partial charge in [-0.3, -0.25) is 9.78 Å². The molecule has 2 rings (SSSR count). The van der Waals surface area contributed by atoms with Gasteiger partial charge >= 0.3 is 0 Å². The predicted molar refractivity (Wildman–Crippen MR) is 70.6 cm³/mol. The summed E-state index contributed by atoms with van der Waals surface area (Å²) in [6, 6.07) is 9.49. The highest BCUT2D eigenvalue weighted by atomic mass is 35.5. The van der Waals surface area contributed by atoms with E-state index in [2.05, 4.69) is 4.98 Å². The van der Waals surface area contributed by atoms with Crippen LogP contribution in [-0.4, -0.2) is 10.8 Å². The number of thiophene rings is 1. The van der Waals surface area contributed by atoms with Crippen molar-refractivity contribution in [1.29, 1.82) is 0 Å². The minimum Gasteiger partial charge on any atom is -0.299 e. The molecule has 0 saturated carbocycles. The summed E-state index contributed by atoms with van der Waals surface area (Å²) in [4.78, 5) is 17.0. The van der Waals surface area contributed by atoms with Gasteiger partial charge < -0.3 is 0 Å². The van der Waals surface area contributed by atoms with Gasteiger partial charge in [-0.2, -0.15) is 0 Å². The highest BCUT2D eigenvalue weighted by molar-refractivity contribution is 7.16. The van der Waals surface area contributed by atoms with Crippen LogP contribution in [0.1, 0.15) is 17.0 Å². The van der Waals surface area contributed by atoms with Crippen LogP contribution in [0, 0.1) is 0 Å². The van der Waals surface area contributed by atoms with Gasteiger partial charge in [0.15, 0.2) is 0 Å². The van der Waals surface area contributed by atoms with E-state index in [-0.39, 0.29) is 5.78 Å². The number of pyridine rings is 1. The fourth-order valence-corrected chi connectivity index (χ4v) is 2.66. The molecular weight excluding hydrogens is 254 g/mol. The molecule has 2 nitrogen and oxygen atoms in total. The Bertz CT molecular complexity index is 495. The first-order valence-corrected chi connectivity index (χ1v) is 6.59. The van der Waals surface area contributed by atoms with Crippen molar-refractivity contribution in [3.63, 3.8) is 0 Å². The number of nitrogens with zero attached hydrogens (tertiary/aromatic N) is 1. The van der Waals surface area contributed by atoms with Gasteiger partial charge in [-0.05, 0) is 30.7 Å². The van der Waals surface area contributed by atoms with Crippen LogP contribution >= 0.6 is 22.9 Å². The summed E-state index contributed by atoms with van der Waals surface area (Å²) in [7, 11) is 0. The Hall–Kier alpha value is -1.19. The summed E-state index contributed by atoms with van der Waals surface area (Å²) < 4.78 is 0.734. The SMILES string of the molecule is O=C(CCc1ccccn1)Cc1ccc(Cl)s1. The largest absolute Gasteiger partial charge is 0.299 e. The molecule has 0 aromatic carbocycles. The molecule has 0 radical (unpaired) electrons. The smallest absolute Gasteiger partial charge is 0.138 e. The minimum atomic E-state index is 0.231. The van der Waals surface area contributed by atoms with Crippen molar-refractivity contribution in [2.24, 2.45) is 0 Å². The first kappa shape index (κ1) is 12.3. The number of ketones is 1. The summed E-state index contributed by atoms with van der Waals surface area (Å²) in [6.07, 6.45) is 3.47. The highest BCUT2D eigenvalue weighted by Gasteiger charge is 2.06. The van der Waals surface area contributed by atoms with Crippen LogP contribution in [0.3, 0.4) is 0 Å². The van der Waals surface area contributed by atoms with Crippen LogP contribution in [-0.2, 0) is 17.6 Å². The van der Waals surface area contributed by atoms with E-state index in [0.717, 1.165) is 14.9 Å². The Morgan fingerprint density at radius 3 is 2.82 bits per heavy atom. The van der Waals surface area contributed by atoms with Crippen LogP contribution in [0.2, 0.25) is 4.34 Å². The maximum atomic E-state index is 11.7. The maximum absolute atomic E-state index is 11.7. The summed E-state index contributed by atoms with van der Waals surface area (Å²) in [6.45, 7) is 0. The van der Waals surface area contributed by atoms with Crippen LogP contribution in [0.15, 0.2) is 36.5 Å². The second-order valence-electron chi connectivity index (χ2n) is 3.74. The molecule has 17 heavy (non-hydrogen) atoms. The second-order valence-corrected chi connectivity index (χ2v) is 5.54. The average molecular weight is 266 g/mol. The fourth-order valence-electron chi connectivity index (χ4n) is 1.54. The van der Waals surface area contributed by atoms with Crippen LogP contribution in [0.5, 0.6) is 0 Å². The number of aryl methyl sites for hydroxylation is 1. The van der Waals surface area contributed by atoms with Gasteiger partial charge in [0, 0.05) is 29.6 Å². The monoisotopic (exact) mass is 265 g/mol. The summed E-state index contributed by atoms with van der Waals surface area (Å²) in [5.74, 6) is 0.231. The van der Waals surface area contributed by atoms with Gasteiger partial charge in [0.1, 0.15) is 5.78 Å². The lowest BCUT2D eigenvalue weighted by Gasteiger charge is -1.99. The first-order valence-electron chi connectivity index (χ1n) is 5.40. The zero-order valence-electron chi connectivity index (χ0n) is 9.23. The Balaban J connectivity index is 1.82. The molecule has 0 aliphatic carbocycles. The van der Waals surface area contributed by atoms with Gasteiger partial charge in [0.05, 0.1) is 4.34 Å². The third kappa shape index (κ3) is 3.95. The molecule has 2 aromatic heterocycles. The zero-order chi connectivity index (χ0) is 12.1. The van der Waals surface area contributed by atoms with E-state index < -0.39 is 0 Å². The molecular formula is C13H12ClNOS. The van der Waals surface area contributed by atoms with Crippen molar-refractivity contribution in [3.05, 3.63) is 51.4 Å². The third-order valence-corrected chi connectivity index (χ3v) is 3.62. The van der Waals surface area contributed by atoms with E-state index in [9.17, 15) is 4.79 Å². The molecule has 0 aliphatic heterocycles. The number of hydrogen-bond donors (Lipinski definition) is 0. The van der Waals surface area contributed by atoms with E-state index in [0.29, 0.717) is 19.3 Å². The van der Waals surface area contributed by atoms with Crippen LogP contribution < -0.4 is 0 Å². The Morgan fingerprint density at radius 1 is 1.29 bits per heavy atom. The standard InChI is InChI=1S/C13H12ClNOS/c14-13-7-6-12(17-13)9-11(16)5-4-10-3-1-2-8-15-10/h1-3,6-8H,4-5,9H2. The molecule has 0 amide bonds. The van der Waals surface area contributed by atoms with Crippen molar-refractivity contribution in [2.75, 3.05) is 0 Å². The molecule has 0 spiro atoms. The fraction of sp³-hybridized carbons (Fsp3) is 0.231. The van der Waals surface area contributed by atoms with E-state index >= 15 is 0 Å². The molecule has 0 bridgehead atoms. The minimum absolute atomic E-state index is 0.231. The summed E-state index contributed by atoms with van der Waals surface area (Å²) in [5.41, 5.74) is 0.963. The first-order chi connectivity index (χ1) is 8.24. The number of carbonyl (C=O) groups excluding carboxylic acids is 1. The highest BCUT2D eigenvalue weighted by Crippen LogP contribution is 2.22. The molecule has 0 saturated heterocycles. The number of rotatable bonds is 5. The molecule has 0 aliphatic rings. The number of Topliss-reactive ketones (excluding diaryl/α,β-unsaturated/α-hetero) is 1. The van der Waals surface area contributed by atoms with Crippen molar-refractivity contribution >= 4 is 28.7 Å². The third-order valence-electron chi connectivity index (χ3n) is 2.39. The average Bonchev–Trinajstić information content (AvgIpc) is 2.73. The Morgan fingerprint density at radius 2 is 2.18 bits per heavy atom. The summed E-state index contributed by atoms with van der Waals surface area (Å²) in [5, 5.41) is 0. The quantitative estimate of drug-likeness (QED) is 0.828. The predicted octanol–water partition coefficient (Wildman–Crippen LogP) is 3.54. The van der Waals surface area contributed by atoms with E-state index in [1.807, 2.05) is 30.3 Å². The molecule has 2 heterocycles. The van der Waals surface area contributed by atoms with Gasteiger partial charge in [0.25, 0.3) is 0 Å². The lowest BCUT2D eigenvalue weighted by molar-refractivity contribution is -0.118. The van der Waals surface area contributed by atoms with Gasteiger partial charge in [-0.1, -0.05) is 17.7 Å². The molecule has 2 aromatic rings. The van der Waals surface area contributed by atoms with Crippen LogP contribution in [0.25, 0.3) is 0 Å². The Kier molecular flexibility index (Phi) is 4.29. The molecule has 0 N–H and O–H groups in total. The number of hydrogen-bond acceptors (Lipinski definition) is 3. The lowest BCUT2D eigenvalue weighted by Crippen LogP contribution is -2.03. The zero-order valence-corrected chi connectivity index (χ0v) is 10.8. The molecule has 88 valence electrons. The number of carbonyl (C=O) groups is 1. The number of aromatic nitrogens is 1. The molecule has 4 heteroatoms. The van der Waals surface area contributed by atoms with Crippen molar-refractivity contribution in [2.45, 2.75) is 19.3 Å². The molecule has 0 atom stereocenters. The van der Waals surface area contributed by atoms with Gasteiger partial charge in [-0.15, -0.1) is 11.3 Å². The van der Waals surface area contributed by atoms with E-state index in [1.54, 1.807) is 6.20 Å².